The lowest BCUT2D eigenvalue weighted by atomic mass is 9.78. The smallest absolute Gasteiger partial charge is 0.166 e. The van der Waals surface area contributed by atoms with Gasteiger partial charge in [0.05, 0.1) is 6.61 Å². The van der Waals surface area contributed by atoms with E-state index in [0.717, 1.165) is 31.2 Å². The Hall–Kier alpha value is -3.27. The van der Waals surface area contributed by atoms with Gasteiger partial charge < -0.3 is 4.74 Å². The summed E-state index contributed by atoms with van der Waals surface area (Å²) >= 11 is 0. The van der Waals surface area contributed by atoms with E-state index in [4.69, 9.17) is 4.74 Å². The molecule has 2 aromatic rings. The van der Waals surface area contributed by atoms with E-state index in [1.165, 1.54) is 6.08 Å². The highest BCUT2D eigenvalue weighted by atomic mass is 19.2. The lowest BCUT2D eigenvalue weighted by Gasteiger charge is -2.27. The maximum atomic E-state index is 15.0. The predicted octanol–water partition coefficient (Wildman–Crippen LogP) is 9.06. The first-order valence-corrected chi connectivity index (χ1v) is 11.6. The van der Waals surface area contributed by atoms with Crippen molar-refractivity contribution >= 4 is 6.08 Å². The van der Waals surface area contributed by atoms with Gasteiger partial charge in [-0.15, -0.1) is 6.58 Å². The van der Waals surface area contributed by atoms with Crippen molar-refractivity contribution in [3.05, 3.63) is 114 Å². The molecule has 1 saturated carbocycles. The molecule has 1 fully saturated rings. The molecule has 0 aromatic heterocycles. The fraction of sp³-hybridized carbons (Fsp3) is 0.267. The number of halogens is 3. The highest BCUT2D eigenvalue weighted by molar-refractivity contribution is 5.67. The van der Waals surface area contributed by atoms with E-state index in [1.54, 1.807) is 55.5 Å². The summed E-state index contributed by atoms with van der Waals surface area (Å²) in [5, 5.41) is 0. The van der Waals surface area contributed by atoms with Gasteiger partial charge in [0.1, 0.15) is 5.76 Å². The molecule has 178 valence electrons. The van der Waals surface area contributed by atoms with Crippen molar-refractivity contribution in [1.29, 1.82) is 0 Å². The van der Waals surface area contributed by atoms with Gasteiger partial charge in [-0.2, -0.15) is 0 Å². The van der Waals surface area contributed by atoms with Crippen molar-refractivity contribution in [3.8, 4) is 11.1 Å². The number of hydrogen-bond acceptors (Lipinski definition) is 1. The van der Waals surface area contributed by atoms with Crippen molar-refractivity contribution < 1.29 is 17.9 Å². The van der Waals surface area contributed by atoms with Crippen LogP contribution >= 0.6 is 0 Å². The van der Waals surface area contributed by atoms with Gasteiger partial charge in [0.2, 0.25) is 0 Å². The van der Waals surface area contributed by atoms with E-state index in [1.807, 2.05) is 6.08 Å². The van der Waals surface area contributed by atoms with Crippen LogP contribution in [0, 0.1) is 17.6 Å². The van der Waals surface area contributed by atoms with Crippen molar-refractivity contribution in [2.24, 2.45) is 5.92 Å². The van der Waals surface area contributed by atoms with Gasteiger partial charge in [0, 0.05) is 5.56 Å². The summed E-state index contributed by atoms with van der Waals surface area (Å²) in [6, 6.07) is 10.5. The molecular weight excluding hydrogens is 433 g/mol. The van der Waals surface area contributed by atoms with E-state index in [0.29, 0.717) is 29.2 Å². The highest BCUT2D eigenvalue weighted by Crippen LogP contribution is 2.39. The van der Waals surface area contributed by atoms with E-state index in [-0.39, 0.29) is 17.2 Å². The standard InChI is InChI=1S/C30H31F3O/c1-5-22-9-13-24(14-10-22)26-17-18-27(30(33)29(26)32)25-15-11-23(12-16-25)8-7-20(3)19-28(31)21(4)34-6-2/h5,7-8,11-12,15-19,22,24H,1,3-4,6,9-10,13-14H2,2H3/b8-7+,28-19+. The summed E-state index contributed by atoms with van der Waals surface area (Å²) in [5.41, 5.74) is 2.55. The molecule has 0 bridgehead atoms. The number of hydrogen-bond donors (Lipinski definition) is 0. The second kappa shape index (κ2) is 11.7. The number of allylic oxidation sites excluding steroid dienone is 5. The van der Waals surface area contributed by atoms with Crippen LogP contribution in [0.25, 0.3) is 17.2 Å². The zero-order valence-electron chi connectivity index (χ0n) is 19.6. The first kappa shape index (κ1) is 25.4. The van der Waals surface area contributed by atoms with Crippen LogP contribution in [0.5, 0.6) is 0 Å². The van der Waals surface area contributed by atoms with Gasteiger partial charge in [0.25, 0.3) is 0 Å². The number of benzene rings is 2. The fourth-order valence-electron chi connectivity index (χ4n) is 4.28. The molecule has 34 heavy (non-hydrogen) atoms. The van der Waals surface area contributed by atoms with Crippen molar-refractivity contribution in [2.75, 3.05) is 6.61 Å². The van der Waals surface area contributed by atoms with Crippen molar-refractivity contribution in [2.45, 2.75) is 38.5 Å². The molecule has 0 radical (unpaired) electrons. The molecule has 0 unspecified atom stereocenters. The third kappa shape index (κ3) is 6.19. The quantitative estimate of drug-likeness (QED) is 0.204. The monoisotopic (exact) mass is 464 g/mol. The Morgan fingerprint density at radius 3 is 2.29 bits per heavy atom. The summed E-state index contributed by atoms with van der Waals surface area (Å²) in [6.07, 6.45) is 10.2. The zero-order chi connectivity index (χ0) is 24.7. The Labute approximate surface area is 200 Å². The van der Waals surface area contributed by atoms with Gasteiger partial charge in [-0.1, -0.05) is 67.8 Å². The van der Waals surface area contributed by atoms with Crippen LogP contribution in [0.4, 0.5) is 13.2 Å². The summed E-state index contributed by atoms with van der Waals surface area (Å²) in [6.45, 7) is 13.2. The molecule has 0 saturated heterocycles. The molecular formula is C30H31F3O. The van der Waals surface area contributed by atoms with E-state index in [9.17, 15) is 13.2 Å². The molecule has 1 aliphatic carbocycles. The average Bonchev–Trinajstić information content (AvgIpc) is 2.85. The maximum absolute atomic E-state index is 15.0. The lowest BCUT2D eigenvalue weighted by molar-refractivity contribution is 0.226. The Kier molecular flexibility index (Phi) is 8.75. The third-order valence-corrected chi connectivity index (χ3v) is 6.27. The predicted molar refractivity (Wildman–Crippen MR) is 135 cm³/mol. The zero-order valence-corrected chi connectivity index (χ0v) is 19.6. The minimum atomic E-state index is -0.810. The van der Waals surface area contributed by atoms with Gasteiger partial charge >= 0.3 is 0 Å². The molecule has 0 heterocycles. The van der Waals surface area contributed by atoms with E-state index < -0.39 is 17.5 Å². The molecule has 0 amide bonds. The second-order valence-electron chi connectivity index (χ2n) is 8.56. The topological polar surface area (TPSA) is 9.23 Å². The molecule has 0 spiro atoms. The fourth-order valence-corrected chi connectivity index (χ4v) is 4.28. The molecule has 0 N–H and O–H groups in total. The first-order chi connectivity index (χ1) is 16.3. The van der Waals surface area contributed by atoms with E-state index >= 15 is 0 Å². The summed E-state index contributed by atoms with van der Waals surface area (Å²) in [5.74, 6) is -1.66. The first-order valence-electron chi connectivity index (χ1n) is 11.6. The Bertz CT molecular complexity index is 1100. The Balaban J connectivity index is 1.71. The van der Waals surface area contributed by atoms with Crippen LogP contribution in [-0.4, -0.2) is 6.61 Å². The van der Waals surface area contributed by atoms with Gasteiger partial charge in [-0.25, -0.2) is 13.2 Å². The van der Waals surface area contributed by atoms with E-state index in [2.05, 4.69) is 19.7 Å². The minimum absolute atomic E-state index is 0.0360. The van der Waals surface area contributed by atoms with Crippen LogP contribution in [0.1, 0.15) is 49.7 Å². The molecule has 0 aliphatic heterocycles. The SMILES string of the molecule is C=CC1CCC(c2ccc(-c3ccc(/C=C/C(=C)/C=C(/F)C(=C)OCC)cc3)c(F)c2F)CC1. The van der Waals surface area contributed by atoms with Gasteiger partial charge in [-0.3, -0.25) is 0 Å². The van der Waals surface area contributed by atoms with Gasteiger partial charge in [0.15, 0.2) is 17.5 Å². The normalized spacial score (nSPS) is 18.6. The summed E-state index contributed by atoms with van der Waals surface area (Å²) in [7, 11) is 0. The summed E-state index contributed by atoms with van der Waals surface area (Å²) < 4.78 is 48.9. The van der Waals surface area contributed by atoms with Crippen LogP contribution in [0.2, 0.25) is 0 Å². The molecule has 2 aromatic carbocycles. The van der Waals surface area contributed by atoms with Crippen LogP contribution in [0.15, 0.2) is 91.5 Å². The molecule has 1 nitrogen and oxygen atoms in total. The third-order valence-electron chi connectivity index (χ3n) is 6.27. The number of rotatable bonds is 9. The highest BCUT2D eigenvalue weighted by Gasteiger charge is 2.25. The average molecular weight is 465 g/mol. The molecule has 4 heteroatoms. The van der Waals surface area contributed by atoms with Crippen molar-refractivity contribution in [1.82, 2.24) is 0 Å². The Morgan fingerprint density at radius 2 is 1.68 bits per heavy atom. The number of ether oxygens (including phenoxy) is 1. The Morgan fingerprint density at radius 1 is 1.00 bits per heavy atom. The van der Waals surface area contributed by atoms with Crippen LogP contribution < -0.4 is 0 Å². The minimum Gasteiger partial charge on any atom is -0.491 e. The van der Waals surface area contributed by atoms with Gasteiger partial charge in [-0.05, 0) is 72.8 Å². The molecule has 0 atom stereocenters. The summed E-state index contributed by atoms with van der Waals surface area (Å²) in [4.78, 5) is 0. The lowest BCUT2D eigenvalue weighted by Crippen LogP contribution is -2.13. The molecule has 3 rings (SSSR count). The molecule has 1 aliphatic rings. The van der Waals surface area contributed by atoms with Crippen molar-refractivity contribution in [3.63, 3.8) is 0 Å². The largest absolute Gasteiger partial charge is 0.491 e. The second-order valence-corrected chi connectivity index (χ2v) is 8.56. The van der Waals surface area contributed by atoms with Crippen LogP contribution in [0.3, 0.4) is 0 Å². The van der Waals surface area contributed by atoms with Crippen LogP contribution in [-0.2, 0) is 4.74 Å². The maximum Gasteiger partial charge on any atom is 0.166 e.